The Hall–Kier alpha value is -2.20. The Kier molecular flexibility index (Phi) is 9.08. The molecule has 4 rings (SSSR count). The molecule has 0 radical (unpaired) electrons. The quantitative estimate of drug-likeness (QED) is 0.233. The Morgan fingerprint density at radius 3 is 2.52 bits per heavy atom. The lowest BCUT2D eigenvalue weighted by atomic mass is 10.1. The van der Waals surface area contributed by atoms with Crippen molar-refractivity contribution in [1.29, 1.82) is 0 Å². The van der Waals surface area contributed by atoms with Gasteiger partial charge in [0, 0.05) is 26.2 Å². The predicted molar refractivity (Wildman–Crippen MR) is 133 cm³/mol. The van der Waals surface area contributed by atoms with E-state index >= 15 is 0 Å². The third kappa shape index (κ3) is 6.90. The second-order valence-electron chi connectivity index (χ2n) is 7.52. The number of guanidine groups is 1. The molecule has 31 heavy (non-hydrogen) atoms. The highest BCUT2D eigenvalue weighted by molar-refractivity contribution is 14.0. The van der Waals surface area contributed by atoms with Gasteiger partial charge in [0.25, 0.3) is 0 Å². The van der Waals surface area contributed by atoms with Crippen LogP contribution in [0.2, 0.25) is 0 Å². The van der Waals surface area contributed by atoms with Crippen molar-refractivity contribution in [2.24, 2.45) is 4.99 Å². The lowest BCUT2D eigenvalue weighted by Crippen LogP contribution is -2.38. The van der Waals surface area contributed by atoms with E-state index in [1.54, 1.807) is 7.05 Å². The van der Waals surface area contributed by atoms with Crippen LogP contribution >= 0.6 is 24.0 Å². The van der Waals surface area contributed by atoms with E-state index in [4.69, 9.17) is 14.2 Å². The summed E-state index contributed by atoms with van der Waals surface area (Å²) in [5, 5.41) is 6.62. The molecular formula is C23H31IN4O3. The maximum absolute atomic E-state index is 5.77. The summed E-state index contributed by atoms with van der Waals surface area (Å²) < 4.78 is 16.4. The third-order valence-electron chi connectivity index (χ3n) is 5.32. The zero-order valence-corrected chi connectivity index (χ0v) is 20.3. The topological polar surface area (TPSA) is 67.4 Å². The largest absolute Gasteiger partial charge is 0.492 e. The Morgan fingerprint density at radius 2 is 1.74 bits per heavy atom. The van der Waals surface area contributed by atoms with Crippen molar-refractivity contribution < 1.29 is 14.2 Å². The van der Waals surface area contributed by atoms with E-state index in [0.717, 1.165) is 36.3 Å². The molecule has 2 heterocycles. The molecule has 1 fully saturated rings. The van der Waals surface area contributed by atoms with Gasteiger partial charge in [0.2, 0.25) is 6.79 Å². The van der Waals surface area contributed by atoms with Crippen LogP contribution in [-0.2, 0) is 13.1 Å². The minimum atomic E-state index is 0. The average molecular weight is 538 g/mol. The van der Waals surface area contributed by atoms with Crippen molar-refractivity contribution in [3.8, 4) is 17.2 Å². The predicted octanol–water partition coefficient (Wildman–Crippen LogP) is 3.37. The molecule has 2 aliphatic rings. The fourth-order valence-electron chi connectivity index (χ4n) is 3.67. The van der Waals surface area contributed by atoms with Crippen molar-refractivity contribution in [3.05, 3.63) is 53.6 Å². The van der Waals surface area contributed by atoms with Crippen LogP contribution in [0.1, 0.15) is 24.0 Å². The van der Waals surface area contributed by atoms with E-state index < -0.39 is 0 Å². The Bertz CT molecular complexity index is 854. The lowest BCUT2D eigenvalue weighted by molar-refractivity contribution is 0.173. The van der Waals surface area contributed by atoms with Crippen LogP contribution in [0.4, 0.5) is 0 Å². The van der Waals surface area contributed by atoms with Crippen molar-refractivity contribution in [3.63, 3.8) is 0 Å². The van der Waals surface area contributed by atoms with Gasteiger partial charge in [0.15, 0.2) is 17.5 Å². The highest BCUT2D eigenvalue weighted by Crippen LogP contribution is 2.34. The molecule has 0 bridgehead atoms. The number of benzene rings is 2. The number of nitrogens with zero attached hydrogens (tertiary/aromatic N) is 2. The SMILES string of the molecule is CN=C(NCCOc1ccc2c(c1)OCO2)NCc1ccc(CN2CCCC2)cc1.I. The second kappa shape index (κ2) is 12.0. The second-order valence-corrected chi connectivity index (χ2v) is 7.52. The first kappa shape index (κ1) is 23.5. The number of nitrogens with one attached hydrogen (secondary N) is 2. The molecule has 0 unspecified atom stereocenters. The maximum Gasteiger partial charge on any atom is 0.231 e. The van der Waals surface area contributed by atoms with E-state index in [0.29, 0.717) is 13.2 Å². The Labute approximate surface area is 201 Å². The summed E-state index contributed by atoms with van der Waals surface area (Å²) in [6, 6.07) is 14.4. The summed E-state index contributed by atoms with van der Waals surface area (Å²) in [7, 11) is 1.77. The van der Waals surface area contributed by atoms with Gasteiger partial charge in [-0.15, -0.1) is 24.0 Å². The highest BCUT2D eigenvalue weighted by atomic mass is 127. The molecular weight excluding hydrogens is 507 g/mol. The number of aliphatic imine (C=N–C) groups is 1. The zero-order chi connectivity index (χ0) is 20.6. The smallest absolute Gasteiger partial charge is 0.231 e. The normalized spacial score (nSPS) is 15.5. The van der Waals surface area contributed by atoms with Gasteiger partial charge < -0.3 is 24.8 Å². The minimum Gasteiger partial charge on any atom is -0.492 e. The number of rotatable bonds is 8. The van der Waals surface area contributed by atoms with Gasteiger partial charge >= 0.3 is 0 Å². The van der Waals surface area contributed by atoms with Crippen LogP contribution in [0.15, 0.2) is 47.5 Å². The van der Waals surface area contributed by atoms with E-state index in [-0.39, 0.29) is 30.8 Å². The fourth-order valence-corrected chi connectivity index (χ4v) is 3.67. The van der Waals surface area contributed by atoms with E-state index in [2.05, 4.69) is 44.8 Å². The molecule has 168 valence electrons. The number of hydrogen-bond acceptors (Lipinski definition) is 5. The van der Waals surface area contributed by atoms with Crippen LogP contribution in [0.5, 0.6) is 17.2 Å². The Balaban J connectivity index is 0.00000272. The number of ether oxygens (including phenoxy) is 3. The van der Waals surface area contributed by atoms with Crippen LogP contribution in [0.25, 0.3) is 0 Å². The molecule has 7 nitrogen and oxygen atoms in total. The summed E-state index contributed by atoms with van der Waals surface area (Å²) >= 11 is 0. The summed E-state index contributed by atoms with van der Waals surface area (Å²) in [6.45, 7) is 5.66. The molecule has 0 aromatic heterocycles. The molecule has 8 heteroatoms. The van der Waals surface area contributed by atoms with Crippen molar-refractivity contribution >= 4 is 29.9 Å². The van der Waals surface area contributed by atoms with E-state index in [1.165, 1.54) is 37.1 Å². The third-order valence-corrected chi connectivity index (χ3v) is 5.32. The molecule has 2 aromatic rings. The maximum atomic E-state index is 5.77. The molecule has 2 aliphatic heterocycles. The fraction of sp³-hybridized carbons (Fsp3) is 0.435. The van der Waals surface area contributed by atoms with E-state index in [1.807, 2.05) is 18.2 Å². The minimum absolute atomic E-state index is 0. The first-order chi connectivity index (χ1) is 14.8. The first-order valence-electron chi connectivity index (χ1n) is 10.6. The summed E-state index contributed by atoms with van der Waals surface area (Å²) in [6.07, 6.45) is 2.66. The standard InChI is InChI=1S/C23H30N4O3.HI/c1-24-23(25-10-13-28-20-8-9-21-22(14-20)30-17-29-21)26-15-18-4-6-19(7-5-18)16-27-11-2-3-12-27;/h4-9,14H,2-3,10-13,15-17H2,1H3,(H2,24,25,26);1H. The number of likely N-dealkylation sites (tertiary alicyclic amines) is 1. The van der Waals surface area contributed by atoms with Gasteiger partial charge in [-0.3, -0.25) is 9.89 Å². The van der Waals surface area contributed by atoms with Gasteiger partial charge in [0.1, 0.15) is 12.4 Å². The monoisotopic (exact) mass is 538 g/mol. The molecule has 1 saturated heterocycles. The first-order valence-corrected chi connectivity index (χ1v) is 10.6. The van der Waals surface area contributed by atoms with E-state index in [9.17, 15) is 0 Å². The van der Waals surface area contributed by atoms with Crippen LogP contribution in [-0.4, -0.2) is 50.9 Å². The Morgan fingerprint density at radius 1 is 1.00 bits per heavy atom. The number of hydrogen-bond donors (Lipinski definition) is 2. The van der Waals surface area contributed by atoms with Crippen molar-refractivity contribution in [1.82, 2.24) is 15.5 Å². The van der Waals surface area contributed by atoms with Gasteiger partial charge in [-0.25, -0.2) is 0 Å². The molecule has 0 amide bonds. The van der Waals surface area contributed by atoms with Crippen LogP contribution < -0.4 is 24.8 Å². The summed E-state index contributed by atoms with van der Waals surface area (Å²) in [5.41, 5.74) is 2.61. The molecule has 2 N–H and O–H groups in total. The van der Waals surface area contributed by atoms with Gasteiger partial charge in [0.05, 0.1) is 6.54 Å². The molecule has 0 atom stereocenters. The van der Waals surface area contributed by atoms with Crippen molar-refractivity contribution in [2.45, 2.75) is 25.9 Å². The van der Waals surface area contributed by atoms with Gasteiger partial charge in [-0.1, -0.05) is 24.3 Å². The van der Waals surface area contributed by atoms with Gasteiger partial charge in [-0.05, 0) is 49.2 Å². The molecule has 0 aliphatic carbocycles. The average Bonchev–Trinajstić information content (AvgIpc) is 3.46. The van der Waals surface area contributed by atoms with Crippen molar-refractivity contribution in [2.75, 3.05) is 40.1 Å². The van der Waals surface area contributed by atoms with Crippen LogP contribution in [0.3, 0.4) is 0 Å². The highest BCUT2D eigenvalue weighted by Gasteiger charge is 2.14. The van der Waals surface area contributed by atoms with Gasteiger partial charge in [-0.2, -0.15) is 0 Å². The molecule has 0 saturated carbocycles. The summed E-state index contributed by atoms with van der Waals surface area (Å²) in [4.78, 5) is 6.80. The zero-order valence-electron chi connectivity index (χ0n) is 17.9. The summed E-state index contributed by atoms with van der Waals surface area (Å²) in [5.74, 6) is 3.00. The molecule has 0 spiro atoms. The molecule has 2 aromatic carbocycles. The van der Waals surface area contributed by atoms with Crippen LogP contribution in [0, 0.1) is 0 Å². The number of halogens is 1. The number of fused-ring (bicyclic) bond motifs is 1. The lowest BCUT2D eigenvalue weighted by Gasteiger charge is -2.15.